The minimum Gasteiger partial charge on any atom is -0.455 e. The SMILES string of the molecule is O=C(Cc1ccc(Cl)cc1Cl)OC(Cn1ccnc1)c1ccc(F)cc1F. The molecule has 1 aromatic heterocycles. The second-order valence-electron chi connectivity index (χ2n) is 5.82. The lowest BCUT2D eigenvalue weighted by molar-refractivity contribution is -0.149. The molecule has 1 unspecified atom stereocenters. The number of ether oxygens (including phenoxy) is 1. The van der Waals surface area contributed by atoms with Crippen LogP contribution in [0.4, 0.5) is 8.78 Å². The van der Waals surface area contributed by atoms with Gasteiger partial charge in [0.05, 0.1) is 19.3 Å². The quantitative estimate of drug-likeness (QED) is 0.537. The molecule has 3 rings (SSSR count). The second kappa shape index (κ2) is 8.50. The van der Waals surface area contributed by atoms with Crippen LogP contribution in [0.5, 0.6) is 0 Å². The standard InChI is InChI=1S/C19H14Cl2F2N2O2/c20-13-2-1-12(16(21)8-13)7-19(26)27-18(10-25-6-5-24-11-25)15-4-3-14(22)9-17(15)23/h1-6,8-9,11,18H,7,10H2. The Kier molecular flexibility index (Phi) is 6.08. The number of benzene rings is 2. The highest BCUT2D eigenvalue weighted by molar-refractivity contribution is 6.35. The maximum atomic E-state index is 14.2. The molecule has 0 fully saturated rings. The van der Waals surface area contributed by atoms with E-state index in [9.17, 15) is 13.6 Å². The molecule has 2 aromatic carbocycles. The number of hydrogen-bond acceptors (Lipinski definition) is 3. The number of carbonyl (C=O) groups is 1. The van der Waals surface area contributed by atoms with Crippen LogP contribution >= 0.6 is 23.2 Å². The van der Waals surface area contributed by atoms with Crippen molar-refractivity contribution in [1.29, 1.82) is 0 Å². The zero-order valence-electron chi connectivity index (χ0n) is 13.9. The van der Waals surface area contributed by atoms with Crippen molar-refractivity contribution in [3.63, 3.8) is 0 Å². The van der Waals surface area contributed by atoms with Crippen LogP contribution in [-0.4, -0.2) is 15.5 Å². The number of rotatable bonds is 6. The highest BCUT2D eigenvalue weighted by Gasteiger charge is 2.22. The highest BCUT2D eigenvalue weighted by atomic mass is 35.5. The van der Waals surface area contributed by atoms with Crippen molar-refractivity contribution < 1.29 is 18.3 Å². The molecule has 4 nitrogen and oxygen atoms in total. The van der Waals surface area contributed by atoms with E-state index in [2.05, 4.69) is 4.98 Å². The molecular weight excluding hydrogens is 397 g/mol. The number of nitrogens with zero attached hydrogens (tertiary/aromatic N) is 2. The Hall–Kier alpha value is -2.44. The summed E-state index contributed by atoms with van der Waals surface area (Å²) in [6, 6.07) is 7.88. The number of imidazole rings is 1. The van der Waals surface area contributed by atoms with Gasteiger partial charge in [0.2, 0.25) is 0 Å². The maximum Gasteiger partial charge on any atom is 0.310 e. The summed E-state index contributed by atoms with van der Waals surface area (Å²) in [5, 5.41) is 0.780. The maximum absolute atomic E-state index is 14.2. The van der Waals surface area contributed by atoms with Crippen molar-refractivity contribution in [3.05, 3.63) is 87.9 Å². The first-order valence-corrected chi connectivity index (χ1v) is 8.72. The average Bonchev–Trinajstić information content (AvgIpc) is 3.10. The van der Waals surface area contributed by atoms with Gasteiger partial charge < -0.3 is 9.30 Å². The third-order valence-corrected chi connectivity index (χ3v) is 4.46. The number of halogens is 4. The molecule has 0 radical (unpaired) electrons. The van der Waals surface area contributed by atoms with Gasteiger partial charge in [0.25, 0.3) is 0 Å². The zero-order valence-corrected chi connectivity index (χ0v) is 15.4. The van der Waals surface area contributed by atoms with Gasteiger partial charge in [-0.2, -0.15) is 0 Å². The number of carbonyl (C=O) groups excluding carboxylic acids is 1. The van der Waals surface area contributed by atoms with Crippen molar-refractivity contribution in [3.8, 4) is 0 Å². The fourth-order valence-corrected chi connectivity index (χ4v) is 3.04. The smallest absolute Gasteiger partial charge is 0.310 e. The fraction of sp³-hybridized carbons (Fsp3) is 0.158. The van der Waals surface area contributed by atoms with Crippen molar-refractivity contribution in [2.45, 2.75) is 19.1 Å². The van der Waals surface area contributed by atoms with E-state index in [4.69, 9.17) is 27.9 Å². The van der Waals surface area contributed by atoms with Gasteiger partial charge in [0.15, 0.2) is 0 Å². The summed E-state index contributed by atoms with van der Waals surface area (Å²) in [5.74, 6) is -2.11. The van der Waals surface area contributed by atoms with E-state index in [0.29, 0.717) is 15.6 Å². The molecule has 1 heterocycles. The molecule has 27 heavy (non-hydrogen) atoms. The topological polar surface area (TPSA) is 44.1 Å². The summed E-state index contributed by atoms with van der Waals surface area (Å²) in [5.41, 5.74) is 0.604. The molecule has 0 saturated carbocycles. The van der Waals surface area contributed by atoms with E-state index in [0.717, 1.165) is 12.1 Å². The Morgan fingerprint density at radius 1 is 1.19 bits per heavy atom. The van der Waals surface area contributed by atoms with Crippen molar-refractivity contribution in [2.75, 3.05) is 0 Å². The molecule has 140 valence electrons. The largest absolute Gasteiger partial charge is 0.455 e. The van der Waals surface area contributed by atoms with E-state index in [1.54, 1.807) is 29.1 Å². The third kappa shape index (κ3) is 5.05. The molecule has 0 aliphatic carbocycles. The van der Waals surface area contributed by atoms with Gasteiger partial charge in [0, 0.05) is 34.1 Å². The summed E-state index contributed by atoms with van der Waals surface area (Å²) in [7, 11) is 0. The lowest BCUT2D eigenvalue weighted by Gasteiger charge is -2.20. The van der Waals surface area contributed by atoms with Crippen LogP contribution in [0.25, 0.3) is 0 Å². The molecule has 0 aliphatic rings. The second-order valence-corrected chi connectivity index (χ2v) is 6.66. The monoisotopic (exact) mass is 410 g/mol. The number of esters is 1. The van der Waals surface area contributed by atoms with E-state index in [1.807, 2.05) is 0 Å². The van der Waals surface area contributed by atoms with Crippen LogP contribution in [0.15, 0.2) is 55.1 Å². The summed E-state index contributed by atoms with van der Waals surface area (Å²) in [6.45, 7) is 0.128. The van der Waals surface area contributed by atoms with Crippen molar-refractivity contribution in [1.82, 2.24) is 9.55 Å². The molecule has 0 saturated heterocycles. The molecular formula is C19H14Cl2F2N2O2. The summed E-state index contributed by atoms with van der Waals surface area (Å²) in [4.78, 5) is 16.3. The molecule has 8 heteroatoms. The highest BCUT2D eigenvalue weighted by Crippen LogP contribution is 2.26. The van der Waals surface area contributed by atoms with Crippen LogP contribution in [0.1, 0.15) is 17.2 Å². The van der Waals surface area contributed by atoms with E-state index < -0.39 is 23.7 Å². The minimum atomic E-state index is -0.960. The van der Waals surface area contributed by atoms with E-state index in [-0.39, 0.29) is 18.5 Å². The zero-order chi connectivity index (χ0) is 19.4. The first kappa shape index (κ1) is 19.3. The fourth-order valence-electron chi connectivity index (χ4n) is 2.57. The first-order valence-electron chi connectivity index (χ1n) is 7.96. The van der Waals surface area contributed by atoms with Crippen LogP contribution in [0, 0.1) is 11.6 Å². The number of aromatic nitrogens is 2. The van der Waals surface area contributed by atoms with Gasteiger partial charge >= 0.3 is 5.97 Å². The Morgan fingerprint density at radius 3 is 2.67 bits per heavy atom. The lowest BCUT2D eigenvalue weighted by Crippen LogP contribution is -2.19. The van der Waals surface area contributed by atoms with Gasteiger partial charge in [-0.05, 0) is 29.8 Å². The summed E-state index contributed by atoms with van der Waals surface area (Å²) in [6.07, 6.45) is 3.64. The minimum absolute atomic E-state index is 0.0700. The normalized spacial score (nSPS) is 12.0. The third-order valence-electron chi connectivity index (χ3n) is 3.87. The van der Waals surface area contributed by atoms with Crippen LogP contribution < -0.4 is 0 Å². The molecule has 0 amide bonds. The predicted octanol–water partition coefficient (Wildman–Crippen LogP) is 5.00. The van der Waals surface area contributed by atoms with Crippen molar-refractivity contribution in [2.24, 2.45) is 0 Å². The Morgan fingerprint density at radius 2 is 2.00 bits per heavy atom. The Labute approximate surface area is 164 Å². The van der Waals surface area contributed by atoms with Crippen molar-refractivity contribution >= 4 is 29.2 Å². The molecule has 0 aliphatic heterocycles. The summed E-state index contributed by atoms with van der Waals surface area (Å²) < 4.78 is 34.6. The lowest BCUT2D eigenvalue weighted by atomic mass is 10.1. The van der Waals surface area contributed by atoms with Gasteiger partial charge in [-0.25, -0.2) is 13.8 Å². The molecule has 3 aromatic rings. The Balaban J connectivity index is 1.81. The average molecular weight is 411 g/mol. The molecule has 0 spiro atoms. The van der Waals surface area contributed by atoms with Gasteiger partial charge in [-0.3, -0.25) is 4.79 Å². The Bertz CT molecular complexity index is 949. The molecule has 1 atom stereocenters. The van der Waals surface area contributed by atoms with Gasteiger partial charge in [-0.1, -0.05) is 29.3 Å². The predicted molar refractivity (Wildman–Crippen MR) is 97.6 cm³/mol. The van der Waals surface area contributed by atoms with Gasteiger partial charge in [0.1, 0.15) is 17.7 Å². The van der Waals surface area contributed by atoms with E-state index in [1.165, 1.54) is 18.5 Å². The van der Waals surface area contributed by atoms with E-state index >= 15 is 0 Å². The van der Waals surface area contributed by atoms with Crippen LogP contribution in [-0.2, 0) is 22.5 Å². The van der Waals surface area contributed by atoms with Crippen LogP contribution in [0.3, 0.4) is 0 Å². The van der Waals surface area contributed by atoms with Gasteiger partial charge in [-0.15, -0.1) is 0 Å². The molecule has 0 bridgehead atoms. The first-order chi connectivity index (χ1) is 12.9. The summed E-state index contributed by atoms with van der Waals surface area (Å²) >= 11 is 11.9. The number of hydrogen-bond donors (Lipinski definition) is 0. The van der Waals surface area contributed by atoms with Crippen LogP contribution in [0.2, 0.25) is 10.0 Å². The molecule has 0 N–H and O–H groups in total.